The number of oxime groups is 1. The fourth-order valence-corrected chi connectivity index (χ4v) is 6.97. The molecule has 0 radical (unpaired) electrons. The second-order valence-corrected chi connectivity index (χ2v) is 14.2. The summed E-state index contributed by atoms with van der Waals surface area (Å²) in [6.45, 7) is 3.93. The molecular weight excluding hydrogens is 666 g/mol. The summed E-state index contributed by atoms with van der Waals surface area (Å²) in [6.07, 6.45) is -2.85. The van der Waals surface area contributed by atoms with Gasteiger partial charge in [-0.25, -0.2) is 13.2 Å². The maximum atomic E-state index is 14.2. The summed E-state index contributed by atoms with van der Waals surface area (Å²) in [4.78, 5) is 39.1. The van der Waals surface area contributed by atoms with E-state index in [9.17, 15) is 33.0 Å². The van der Waals surface area contributed by atoms with E-state index in [1.807, 2.05) is 13.8 Å². The van der Waals surface area contributed by atoms with Crippen LogP contribution in [0.4, 0.5) is 4.79 Å². The Morgan fingerprint density at radius 1 is 0.920 bits per heavy atom. The van der Waals surface area contributed by atoms with Crippen LogP contribution in [0.15, 0.2) is 95.0 Å². The average molecular weight is 712 g/mol. The number of benzene rings is 3. The van der Waals surface area contributed by atoms with Crippen LogP contribution in [0.2, 0.25) is 0 Å². The first-order chi connectivity index (χ1) is 23.7. The minimum absolute atomic E-state index is 0.0374. The van der Waals surface area contributed by atoms with Gasteiger partial charge in [0.1, 0.15) is 12.6 Å². The van der Waals surface area contributed by atoms with Gasteiger partial charge in [0.05, 0.1) is 29.4 Å². The molecule has 0 aliphatic carbocycles. The number of carboxylic acid groups (broad SMARTS) is 1. The standard InChI is InChI=1S/C35H45N5O9S/c1-24(2)20-39(50(47,48)29-16-14-27(15-17-29)19-37-46)22-31(41)30(18-26-10-6-4-7-11-26)38-34(43)33(25(3)49-23-32(36)42)40(35(44)45)21-28-12-8-5-9-13-28/h4-17,19,24-25,30-31,33,41,46H,18,20-23H2,1-3H3,(H2,36,42)(H,38,43)(H,44,45)/b37-19+/t25-,30+,31-,33+/m1/s1. The zero-order valence-corrected chi connectivity index (χ0v) is 29.0. The van der Waals surface area contributed by atoms with E-state index in [0.29, 0.717) is 16.7 Å². The smallest absolute Gasteiger partial charge is 0.408 e. The van der Waals surface area contributed by atoms with Crippen LogP contribution in [-0.2, 0) is 37.3 Å². The fraction of sp³-hybridized carbons (Fsp3) is 0.371. The summed E-state index contributed by atoms with van der Waals surface area (Å²) in [6, 6.07) is 20.6. The number of aliphatic hydroxyl groups excluding tert-OH is 1. The number of hydrogen-bond donors (Lipinski definition) is 5. The molecule has 6 N–H and O–H groups in total. The highest BCUT2D eigenvalue weighted by Crippen LogP contribution is 2.21. The molecule has 15 heteroatoms. The molecule has 0 aliphatic heterocycles. The molecule has 3 rings (SSSR count). The van der Waals surface area contributed by atoms with E-state index in [4.69, 9.17) is 15.7 Å². The number of aliphatic hydroxyl groups is 1. The van der Waals surface area contributed by atoms with Gasteiger partial charge in [-0.2, -0.15) is 4.31 Å². The zero-order valence-electron chi connectivity index (χ0n) is 28.2. The van der Waals surface area contributed by atoms with Gasteiger partial charge < -0.3 is 31.2 Å². The van der Waals surface area contributed by atoms with Gasteiger partial charge in [0, 0.05) is 19.6 Å². The minimum atomic E-state index is -4.16. The van der Waals surface area contributed by atoms with Crippen LogP contribution in [0.25, 0.3) is 0 Å². The zero-order chi connectivity index (χ0) is 36.8. The van der Waals surface area contributed by atoms with E-state index in [1.54, 1.807) is 60.7 Å². The van der Waals surface area contributed by atoms with Gasteiger partial charge in [-0.05, 0) is 48.1 Å². The molecule has 0 heterocycles. The van der Waals surface area contributed by atoms with Crippen molar-refractivity contribution >= 4 is 34.1 Å². The lowest BCUT2D eigenvalue weighted by molar-refractivity contribution is -0.137. The molecular formula is C35H45N5O9S. The van der Waals surface area contributed by atoms with E-state index < -0.39 is 65.4 Å². The predicted molar refractivity (Wildman–Crippen MR) is 186 cm³/mol. The molecule has 0 saturated heterocycles. The van der Waals surface area contributed by atoms with Crippen molar-refractivity contribution in [2.45, 2.75) is 62.9 Å². The van der Waals surface area contributed by atoms with Crippen LogP contribution < -0.4 is 11.1 Å². The number of nitrogens with zero attached hydrogens (tertiary/aromatic N) is 3. The summed E-state index contributed by atoms with van der Waals surface area (Å²) >= 11 is 0. The number of primary amides is 1. The molecule has 0 unspecified atom stereocenters. The van der Waals surface area contributed by atoms with Crippen LogP contribution in [0.3, 0.4) is 0 Å². The van der Waals surface area contributed by atoms with Crippen LogP contribution in [0, 0.1) is 5.92 Å². The maximum absolute atomic E-state index is 14.2. The van der Waals surface area contributed by atoms with Crippen LogP contribution in [0.1, 0.15) is 37.5 Å². The van der Waals surface area contributed by atoms with Crippen LogP contribution >= 0.6 is 0 Å². The summed E-state index contributed by atoms with van der Waals surface area (Å²) in [5.74, 6) is -1.80. The molecule has 0 fully saturated rings. The molecule has 3 aromatic carbocycles. The minimum Gasteiger partial charge on any atom is -0.465 e. The van der Waals surface area contributed by atoms with E-state index in [0.717, 1.165) is 15.4 Å². The largest absolute Gasteiger partial charge is 0.465 e. The Hall–Kier alpha value is -4.83. The third-order valence-electron chi connectivity index (χ3n) is 7.75. The summed E-state index contributed by atoms with van der Waals surface area (Å²) < 4.78 is 34.4. The highest BCUT2D eigenvalue weighted by molar-refractivity contribution is 7.89. The van der Waals surface area contributed by atoms with Crippen molar-refractivity contribution in [3.8, 4) is 0 Å². The summed E-state index contributed by atoms with van der Waals surface area (Å²) in [7, 11) is -4.16. The van der Waals surface area contributed by atoms with E-state index in [1.165, 1.54) is 31.2 Å². The topological polar surface area (TPSA) is 212 Å². The van der Waals surface area contributed by atoms with Gasteiger partial charge in [0.15, 0.2) is 0 Å². The molecule has 3 amide bonds. The molecule has 0 bridgehead atoms. The Labute approximate surface area is 292 Å². The number of nitrogens with one attached hydrogen (secondary N) is 1. The first-order valence-corrected chi connectivity index (χ1v) is 17.4. The third kappa shape index (κ3) is 11.7. The number of carbonyl (C=O) groups is 3. The number of rotatable bonds is 19. The molecule has 0 saturated carbocycles. The Morgan fingerprint density at radius 2 is 1.50 bits per heavy atom. The van der Waals surface area contributed by atoms with E-state index >= 15 is 0 Å². The van der Waals surface area contributed by atoms with Gasteiger partial charge in [-0.3, -0.25) is 14.5 Å². The lowest BCUT2D eigenvalue weighted by atomic mass is 9.99. The second-order valence-electron chi connectivity index (χ2n) is 12.2. The molecule has 3 aromatic rings. The molecule has 270 valence electrons. The quantitative estimate of drug-likeness (QED) is 0.0702. The van der Waals surface area contributed by atoms with Crippen molar-refractivity contribution in [3.05, 3.63) is 102 Å². The number of amides is 3. The number of sulfonamides is 1. The number of ether oxygens (including phenoxy) is 1. The Balaban J connectivity index is 2.00. The lowest BCUT2D eigenvalue weighted by Gasteiger charge is -2.35. The third-order valence-corrected chi connectivity index (χ3v) is 9.60. The van der Waals surface area contributed by atoms with E-state index in [-0.39, 0.29) is 30.3 Å². The van der Waals surface area contributed by atoms with Gasteiger partial charge in [-0.1, -0.05) is 91.8 Å². The molecule has 50 heavy (non-hydrogen) atoms. The SMILES string of the molecule is CC(C)CN(C[C@@H](O)[C@H](Cc1ccccc1)NC(=O)[C@H]([C@@H](C)OCC(N)=O)N(Cc1ccccc1)C(=O)O)S(=O)(=O)c1ccc(/C=N/O)cc1. The highest BCUT2D eigenvalue weighted by atomic mass is 32.2. The van der Waals surface area contributed by atoms with Crippen LogP contribution in [-0.4, -0.2) is 101 Å². The highest BCUT2D eigenvalue weighted by Gasteiger charge is 2.38. The van der Waals surface area contributed by atoms with Gasteiger partial charge in [0.25, 0.3) is 0 Å². The number of carbonyl (C=O) groups excluding carboxylic acids is 2. The fourth-order valence-electron chi connectivity index (χ4n) is 5.35. The van der Waals surface area contributed by atoms with Gasteiger partial charge >= 0.3 is 6.09 Å². The molecule has 0 aliphatic rings. The monoisotopic (exact) mass is 711 g/mol. The van der Waals surface area contributed by atoms with Crippen molar-refractivity contribution in [2.75, 3.05) is 19.7 Å². The van der Waals surface area contributed by atoms with Crippen molar-refractivity contribution in [3.63, 3.8) is 0 Å². The van der Waals surface area contributed by atoms with Crippen molar-refractivity contribution < 1.29 is 43.0 Å². The van der Waals surface area contributed by atoms with E-state index in [2.05, 4.69) is 10.5 Å². The predicted octanol–water partition coefficient (Wildman–Crippen LogP) is 2.67. The van der Waals surface area contributed by atoms with Crippen LogP contribution in [0.5, 0.6) is 0 Å². The number of hydrogen-bond acceptors (Lipinski definition) is 9. The lowest BCUT2D eigenvalue weighted by Crippen LogP contribution is -2.59. The number of nitrogens with two attached hydrogens (primary N) is 1. The Morgan fingerprint density at radius 3 is 2.02 bits per heavy atom. The Bertz CT molecular complexity index is 1670. The maximum Gasteiger partial charge on any atom is 0.408 e. The Kier molecular flexibility index (Phi) is 14.9. The normalized spacial score (nSPS) is 14.3. The summed E-state index contributed by atoms with van der Waals surface area (Å²) in [5, 5.41) is 36.5. The van der Waals surface area contributed by atoms with Gasteiger partial charge in [0.2, 0.25) is 21.8 Å². The summed E-state index contributed by atoms with van der Waals surface area (Å²) in [5.41, 5.74) is 7.03. The molecule has 0 spiro atoms. The first kappa shape index (κ1) is 39.6. The molecule has 14 nitrogen and oxygen atoms in total. The molecule has 0 aromatic heterocycles. The van der Waals surface area contributed by atoms with Crippen molar-refractivity contribution in [1.82, 2.24) is 14.5 Å². The second kappa shape index (κ2) is 18.8. The molecule has 4 atom stereocenters. The first-order valence-electron chi connectivity index (χ1n) is 16.0. The van der Waals surface area contributed by atoms with Crippen molar-refractivity contribution in [2.24, 2.45) is 16.8 Å². The average Bonchev–Trinajstić information content (AvgIpc) is 3.07. The van der Waals surface area contributed by atoms with Gasteiger partial charge in [-0.15, -0.1) is 0 Å². The van der Waals surface area contributed by atoms with Crippen molar-refractivity contribution in [1.29, 1.82) is 0 Å².